The van der Waals surface area contributed by atoms with Gasteiger partial charge >= 0.3 is 0 Å². The highest BCUT2D eigenvalue weighted by atomic mass is 79.9. The molecule has 5 heteroatoms. The minimum atomic E-state index is 0.163. The number of hydrogen-bond acceptors (Lipinski definition) is 4. The molecule has 21 heavy (non-hydrogen) atoms. The topological polar surface area (TPSA) is 50.7 Å². The first-order valence-electron chi connectivity index (χ1n) is 6.52. The summed E-state index contributed by atoms with van der Waals surface area (Å²) in [7, 11) is 3.20. The molecule has 0 bridgehead atoms. The summed E-state index contributed by atoms with van der Waals surface area (Å²) in [6, 6.07) is 11.4. The molecule has 0 atom stereocenters. The molecule has 2 aromatic rings. The fourth-order valence-corrected chi connectivity index (χ4v) is 2.56. The van der Waals surface area contributed by atoms with Crippen LogP contribution in [0.4, 0.5) is 5.69 Å². The summed E-state index contributed by atoms with van der Waals surface area (Å²) in [5, 5.41) is 13.4. The molecule has 0 radical (unpaired) electrons. The Balaban J connectivity index is 2.19. The molecule has 4 nitrogen and oxygen atoms in total. The summed E-state index contributed by atoms with van der Waals surface area (Å²) in [5.41, 5.74) is 2.79. The number of anilines is 1. The Labute approximate surface area is 132 Å². The fourth-order valence-electron chi connectivity index (χ4n) is 2.08. The van der Waals surface area contributed by atoms with Gasteiger partial charge in [0.15, 0.2) is 11.5 Å². The normalized spacial score (nSPS) is 10.4. The average Bonchev–Trinajstić information content (AvgIpc) is 2.49. The molecular formula is C16H18BrNO3. The number of halogens is 1. The third kappa shape index (κ3) is 3.68. The number of ether oxygens (including phenoxy) is 2. The van der Waals surface area contributed by atoms with Crippen molar-refractivity contribution in [3.05, 3.63) is 52.0 Å². The molecule has 0 aliphatic rings. The zero-order valence-corrected chi connectivity index (χ0v) is 13.6. The van der Waals surface area contributed by atoms with E-state index in [2.05, 4.69) is 21.2 Å². The summed E-state index contributed by atoms with van der Waals surface area (Å²) in [4.78, 5) is 0. The second-order valence-corrected chi connectivity index (χ2v) is 5.37. The van der Waals surface area contributed by atoms with Crippen LogP contribution in [0.25, 0.3) is 0 Å². The molecule has 2 rings (SSSR count). The Kier molecular flexibility index (Phi) is 5.47. The van der Waals surface area contributed by atoms with E-state index in [1.54, 1.807) is 13.2 Å². The lowest BCUT2D eigenvalue weighted by atomic mass is 10.1. The van der Waals surface area contributed by atoms with Crippen molar-refractivity contribution in [1.82, 2.24) is 0 Å². The van der Waals surface area contributed by atoms with Crippen molar-refractivity contribution < 1.29 is 14.6 Å². The van der Waals surface area contributed by atoms with Crippen LogP contribution >= 0.6 is 15.9 Å². The van der Waals surface area contributed by atoms with Gasteiger partial charge < -0.3 is 19.9 Å². The maximum atomic E-state index is 10.1. The summed E-state index contributed by atoms with van der Waals surface area (Å²) < 4.78 is 11.3. The first kappa shape index (κ1) is 15.7. The van der Waals surface area contributed by atoms with Gasteiger partial charge in [0.2, 0.25) is 0 Å². The van der Waals surface area contributed by atoms with E-state index >= 15 is 0 Å². The number of methoxy groups -OCH3 is 2. The van der Waals surface area contributed by atoms with Gasteiger partial charge in [-0.15, -0.1) is 0 Å². The first-order valence-corrected chi connectivity index (χ1v) is 7.31. The van der Waals surface area contributed by atoms with Gasteiger partial charge in [-0.3, -0.25) is 0 Å². The number of benzene rings is 2. The van der Waals surface area contributed by atoms with Gasteiger partial charge in [-0.05, 0) is 18.2 Å². The number of para-hydroxylation sites is 1. The third-order valence-corrected chi connectivity index (χ3v) is 3.92. The van der Waals surface area contributed by atoms with Crippen LogP contribution in [0.15, 0.2) is 40.9 Å². The van der Waals surface area contributed by atoms with Gasteiger partial charge in [-0.1, -0.05) is 34.1 Å². The Morgan fingerprint density at radius 3 is 2.62 bits per heavy atom. The molecule has 0 aromatic heterocycles. The standard InChI is InChI=1S/C16H18BrNO3/c1-20-10-12-13(17)6-4-7-14(12)18-9-11-5-3-8-15(21-2)16(11)19/h3-8,18-19H,9-10H2,1-2H3. The second kappa shape index (κ2) is 7.33. The molecule has 0 fully saturated rings. The van der Waals surface area contributed by atoms with Gasteiger partial charge in [0.25, 0.3) is 0 Å². The van der Waals surface area contributed by atoms with Gasteiger partial charge in [-0.25, -0.2) is 0 Å². The molecule has 2 aromatic carbocycles. The van der Waals surface area contributed by atoms with Crippen molar-refractivity contribution in [2.75, 3.05) is 19.5 Å². The molecule has 0 aliphatic heterocycles. The number of rotatable bonds is 6. The molecule has 0 amide bonds. The van der Waals surface area contributed by atoms with Gasteiger partial charge in [0.05, 0.1) is 13.7 Å². The van der Waals surface area contributed by atoms with E-state index in [0.29, 0.717) is 18.9 Å². The molecular weight excluding hydrogens is 334 g/mol. The smallest absolute Gasteiger partial charge is 0.162 e. The van der Waals surface area contributed by atoms with Crippen LogP contribution in [0.1, 0.15) is 11.1 Å². The van der Waals surface area contributed by atoms with E-state index in [4.69, 9.17) is 9.47 Å². The Morgan fingerprint density at radius 1 is 1.14 bits per heavy atom. The van der Waals surface area contributed by atoms with Crippen LogP contribution in [0.3, 0.4) is 0 Å². The number of phenolic OH excluding ortho intramolecular Hbond substituents is 1. The largest absolute Gasteiger partial charge is 0.504 e. The van der Waals surface area contributed by atoms with Crippen LogP contribution < -0.4 is 10.1 Å². The summed E-state index contributed by atoms with van der Waals surface area (Å²) in [5.74, 6) is 0.636. The maximum Gasteiger partial charge on any atom is 0.162 e. The molecule has 0 aliphatic carbocycles. The van der Waals surface area contributed by atoms with Crippen LogP contribution in [0.2, 0.25) is 0 Å². The fraction of sp³-hybridized carbons (Fsp3) is 0.250. The Bertz CT molecular complexity index is 616. The van der Waals surface area contributed by atoms with Crippen LogP contribution in [0, 0.1) is 0 Å². The van der Waals surface area contributed by atoms with E-state index in [1.807, 2.05) is 30.3 Å². The van der Waals surface area contributed by atoms with Crippen molar-refractivity contribution in [1.29, 1.82) is 0 Å². The number of phenols is 1. The van der Waals surface area contributed by atoms with Crippen molar-refractivity contribution in [3.8, 4) is 11.5 Å². The average molecular weight is 352 g/mol. The van der Waals surface area contributed by atoms with E-state index in [9.17, 15) is 5.11 Å². The van der Waals surface area contributed by atoms with Crippen molar-refractivity contribution in [2.45, 2.75) is 13.2 Å². The van der Waals surface area contributed by atoms with Crippen LogP contribution in [0.5, 0.6) is 11.5 Å². The summed E-state index contributed by atoms with van der Waals surface area (Å²) in [6.45, 7) is 1.00. The maximum absolute atomic E-state index is 10.1. The lowest BCUT2D eigenvalue weighted by Crippen LogP contribution is -2.04. The molecule has 0 unspecified atom stereocenters. The molecule has 0 saturated heterocycles. The zero-order valence-electron chi connectivity index (χ0n) is 12.0. The SMILES string of the molecule is COCc1c(Br)cccc1NCc1cccc(OC)c1O. The van der Waals surface area contributed by atoms with E-state index in [0.717, 1.165) is 21.3 Å². The van der Waals surface area contributed by atoms with E-state index < -0.39 is 0 Å². The molecule has 0 spiro atoms. The lowest BCUT2D eigenvalue weighted by Gasteiger charge is -2.14. The van der Waals surface area contributed by atoms with E-state index in [-0.39, 0.29) is 5.75 Å². The van der Waals surface area contributed by atoms with Crippen LogP contribution in [-0.4, -0.2) is 19.3 Å². The van der Waals surface area contributed by atoms with Crippen molar-refractivity contribution in [3.63, 3.8) is 0 Å². The number of nitrogens with one attached hydrogen (secondary N) is 1. The number of aromatic hydroxyl groups is 1. The predicted molar refractivity (Wildman–Crippen MR) is 86.8 cm³/mol. The Hall–Kier alpha value is -1.72. The van der Waals surface area contributed by atoms with Gasteiger partial charge in [0, 0.05) is 34.9 Å². The highest BCUT2D eigenvalue weighted by Gasteiger charge is 2.09. The highest BCUT2D eigenvalue weighted by molar-refractivity contribution is 9.10. The Morgan fingerprint density at radius 2 is 1.90 bits per heavy atom. The van der Waals surface area contributed by atoms with Crippen molar-refractivity contribution >= 4 is 21.6 Å². The van der Waals surface area contributed by atoms with Gasteiger partial charge in [0.1, 0.15) is 0 Å². The minimum Gasteiger partial charge on any atom is -0.504 e. The number of hydrogen-bond donors (Lipinski definition) is 2. The monoisotopic (exact) mass is 351 g/mol. The summed E-state index contributed by atoms with van der Waals surface area (Å²) >= 11 is 3.52. The first-order chi connectivity index (χ1) is 10.2. The van der Waals surface area contributed by atoms with Crippen molar-refractivity contribution in [2.24, 2.45) is 0 Å². The highest BCUT2D eigenvalue weighted by Crippen LogP contribution is 2.31. The molecule has 0 saturated carbocycles. The minimum absolute atomic E-state index is 0.163. The van der Waals surface area contributed by atoms with Gasteiger partial charge in [-0.2, -0.15) is 0 Å². The second-order valence-electron chi connectivity index (χ2n) is 4.52. The van der Waals surface area contributed by atoms with Crippen LogP contribution in [-0.2, 0) is 17.9 Å². The molecule has 0 heterocycles. The molecule has 112 valence electrons. The summed E-state index contributed by atoms with van der Waals surface area (Å²) in [6.07, 6.45) is 0. The van der Waals surface area contributed by atoms with E-state index in [1.165, 1.54) is 7.11 Å². The third-order valence-electron chi connectivity index (χ3n) is 3.18. The predicted octanol–water partition coefficient (Wildman–Crippen LogP) is 3.92. The zero-order chi connectivity index (χ0) is 15.2. The lowest BCUT2D eigenvalue weighted by molar-refractivity contribution is 0.185. The molecule has 2 N–H and O–H groups in total. The quantitative estimate of drug-likeness (QED) is 0.827.